The summed E-state index contributed by atoms with van der Waals surface area (Å²) in [6.07, 6.45) is 0. The smallest absolute Gasteiger partial charge is 0.256 e. The Hall–Kier alpha value is -1.84. The van der Waals surface area contributed by atoms with Crippen LogP contribution in [-0.4, -0.2) is 13.0 Å². The fraction of sp³-hybridized carbons (Fsp3) is 0.0769. The minimum Gasteiger partial charge on any atom is -0.495 e. The first-order valence-electron chi connectivity index (χ1n) is 5.28. The number of nitrogens with one attached hydrogen (secondary N) is 1. The molecule has 0 atom stereocenters. The average molecular weight is 337 g/mol. The fourth-order valence-corrected chi connectivity index (χ4v) is 2.67. The zero-order valence-electron chi connectivity index (χ0n) is 9.94. The Kier molecular flexibility index (Phi) is 4.20. The van der Waals surface area contributed by atoms with E-state index in [-0.39, 0.29) is 5.91 Å². The maximum Gasteiger partial charge on any atom is 0.256 e. The average Bonchev–Trinajstić information content (AvgIpc) is 2.85. The number of nitrogens with zero attached hydrogens (tertiary/aromatic N) is 1. The number of hydrogen-bond donors (Lipinski definition) is 1. The molecule has 1 heterocycles. The van der Waals surface area contributed by atoms with Crippen molar-refractivity contribution in [2.75, 3.05) is 12.4 Å². The molecule has 19 heavy (non-hydrogen) atoms. The number of carbonyl (C=O) groups excluding carboxylic acids is 1. The van der Waals surface area contributed by atoms with Crippen LogP contribution in [0.4, 0.5) is 5.69 Å². The number of rotatable bonds is 3. The van der Waals surface area contributed by atoms with E-state index in [1.807, 2.05) is 6.07 Å². The summed E-state index contributed by atoms with van der Waals surface area (Å²) in [4.78, 5) is 12.1. The highest BCUT2D eigenvalue weighted by molar-refractivity contribution is 9.11. The van der Waals surface area contributed by atoms with Crippen LogP contribution in [0.15, 0.2) is 33.4 Å². The number of amides is 1. The molecule has 4 nitrogen and oxygen atoms in total. The van der Waals surface area contributed by atoms with Gasteiger partial charge in [-0.15, -0.1) is 11.3 Å². The number of nitriles is 1. The summed E-state index contributed by atoms with van der Waals surface area (Å²) >= 11 is 4.73. The molecule has 0 unspecified atom stereocenters. The zero-order valence-corrected chi connectivity index (χ0v) is 12.3. The molecule has 6 heteroatoms. The summed E-state index contributed by atoms with van der Waals surface area (Å²) < 4.78 is 6.03. The summed E-state index contributed by atoms with van der Waals surface area (Å²) in [5, 5.41) is 13.5. The summed E-state index contributed by atoms with van der Waals surface area (Å²) in [6.45, 7) is 0. The third-order valence-corrected chi connectivity index (χ3v) is 3.94. The van der Waals surface area contributed by atoms with Crippen molar-refractivity contribution in [2.24, 2.45) is 0 Å². The molecule has 1 N–H and O–H groups in total. The van der Waals surface area contributed by atoms with Gasteiger partial charge in [-0.25, -0.2) is 0 Å². The molecular weight excluding hydrogens is 328 g/mol. The lowest BCUT2D eigenvalue weighted by molar-refractivity contribution is 0.102. The lowest BCUT2D eigenvalue weighted by Gasteiger charge is -2.10. The number of benzene rings is 1. The first kappa shape index (κ1) is 13.6. The third kappa shape index (κ3) is 2.95. The number of thiophene rings is 1. The molecule has 2 aromatic rings. The van der Waals surface area contributed by atoms with E-state index >= 15 is 0 Å². The van der Waals surface area contributed by atoms with Crippen molar-refractivity contribution in [1.29, 1.82) is 5.26 Å². The van der Waals surface area contributed by atoms with Crippen LogP contribution >= 0.6 is 27.3 Å². The van der Waals surface area contributed by atoms with Crippen molar-refractivity contribution in [3.8, 4) is 11.8 Å². The molecule has 0 aliphatic rings. The van der Waals surface area contributed by atoms with E-state index in [9.17, 15) is 4.79 Å². The van der Waals surface area contributed by atoms with Gasteiger partial charge in [0, 0.05) is 5.38 Å². The fourth-order valence-electron chi connectivity index (χ4n) is 1.54. The quantitative estimate of drug-likeness (QED) is 0.930. The van der Waals surface area contributed by atoms with Gasteiger partial charge in [0.1, 0.15) is 17.5 Å². The van der Waals surface area contributed by atoms with Gasteiger partial charge in [0.2, 0.25) is 0 Å². The van der Waals surface area contributed by atoms with Crippen LogP contribution < -0.4 is 10.1 Å². The first-order valence-corrected chi connectivity index (χ1v) is 6.95. The van der Waals surface area contributed by atoms with E-state index in [1.54, 1.807) is 29.6 Å². The van der Waals surface area contributed by atoms with Gasteiger partial charge in [0.25, 0.3) is 5.91 Å². The van der Waals surface area contributed by atoms with Crippen molar-refractivity contribution in [3.05, 3.63) is 44.6 Å². The maximum absolute atomic E-state index is 12.1. The van der Waals surface area contributed by atoms with Crippen LogP contribution in [-0.2, 0) is 0 Å². The number of ether oxygens (including phenoxy) is 1. The van der Waals surface area contributed by atoms with Crippen LogP contribution in [0.5, 0.6) is 5.75 Å². The van der Waals surface area contributed by atoms with Gasteiger partial charge in [-0.2, -0.15) is 5.26 Å². The summed E-state index contributed by atoms with van der Waals surface area (Å²) in [5.74, 6) is 0.185. The lowest BCUT2D eigenvalue weighted by atomic mass is 10.1. The monoisotopic (exact) mass is 336 g/mol. The Morgan fingerprint density at radius 1 is 1.53 bits per heavy atom. The normalized spacial score (nSPS) is 9.74. The summed E-state index contributed by atoms with van der Waals surface area (Å²) in [6, 6.07) is 8.78. The Morgan fingerprint density at radius 3 is 2.89 bits per heavy atom. The minimum absolute atomic E-state index is 0.275. The van der Waals surface area contributed by atoms with E-state index in [4.69, 9.17) is 10.00 Å². The number of carbonyl (C=O) groups is 1. The van der Waals surface area contributed by atoms with E-state index in [1.165, 1.54) is 18.4 Å². The van der Waals surface area contributed by atoms with Gasteiger partial charge in [0.05, 0.1) is 22.0 Å². The summed E-state index contributed by atoms with van der Waals surface area (Å²) in [5.41, 5.74) is 1.29. The second kappa shape index (κ2) is 5.87. The second-order valence-electron chi connectivity index (χ2n) is 3.59. The van der Waals surface area contributed by atoms with Crippen molar-refractivity contribution >= 4 is 38.9 Å². The van der Waals surface area contributed by atoms with Gasteiger partial charge in [-0.1, -0.05) is 6.07 Å². The number of hydrogen-bond acceptors (Lipinski definition) is 4. The van der Waals surface area contributed by atoms with Crippen LogP contribution in [0.1, 0.15) is 15.9 Å². The lowest BCUT2D eigenvalue weighted by Crippen LogP contribution is -2.12. The Balaban J connectivity index is 2.33. The number of methoxy groups -OCH3 is 1. The highest BCUT2D eigenvalue weighted by Gasteiger charge is 2.14. The molecule has 1 aromatic heterocycles. The molecule has 0 radical (unpaired) electrons. The SMILES string of the molecule is COc1cccc(C#N)c1NC(=O)c1csc(Br)c1. The van der Waals surface area contributed by atoms with Crippen molar-refractivity contribution < 1.29 is 9.53 Å². The molecule has 0 saturated carbocycles. The molecule has 0 aliphatic heterocycles. The highest BCUT2D eigenvalue weighted by atomic mass is 79.9. The molecule has 0 spiro atoms. The molecule has 2 rings (SSSR count). The minimum atomic E-state index is -0.275. The van der Waals surface area contributed by atoms with Gasteiger partial charge < -0.3 is 10.1 Å². The molecule has 1 aromatic carbocycles. The van der Waals surface area contributed by atoms with Crippen molar-refractivity contribution in [2.45, 2.75) is 0 Å². The number of para-hydroxylation sites is 1. The number of halogens is 1. The van der Waals surface area contributed by atoms with Crippen molar-refractivity contribution in [3.63, 3.8) is 0 Å². The Bertz CT molecular complexity index is 661. The zero-order chi connectivity index (χ0) is 13.8. The van der Waals surface area contributed by atoms with Gasteiger partial charge in [0.15, 0.2) is 0 Å². The largest absolute Gasteiger partial charge is 0.495 e. The molecule has 1 amide bonds. The first-order chi connectivity index (χ1) is 9.15. The van der Waals surface area contributed by atoms with E-state index < -0.39 is 0 Å². The van der Waals surface area contributed by atoms with E-state index in [2.05, 4.69) is 21.2 Å². The van der Waals surface area contributed by atoms with Crippen LogP contribution in [0.25, 0.3) is 0 Å². The topological polar surface area (TPSA) is 62.1 Å². The molecule has 0 fully saturated rings. The standard InChI is InChI=1S/C13H9BrN2O2S/c1-18-10-4-2-3-8(6-15)12(10)16-13(17)9-5-11(14)19-7-9/h2-5,7H,1H3,(H,16,17). The second-order valence-corrected chi connectivity index (χ2v) is 5.88. The molecular formula is C13H9BrN2O2S. The highest BCUT2D eigenvalue weighted by Crippen LogP contribution is 2.29. The van der Waals surface area contributed by atoms with Crippen LogP contribution in [0.3, 0.4) is 0 Å². The predicted octanol–water partition coefficient (Wildman–Crippen LogP) is 3.64. The van der Waals surface area contributed by atoms with Gasteiger partial charge >= 0.3 is 0 Å². The predicted molar refractivity (Wildman–Crippen MR) is 77.7 cm³/mol. The molecule has 0 bridgehead atoms. The molecule has 0 saturated heterocycles. The molecule has 96 valence electrons. The summed E-state index contributed by atoms with van der Waals surface area (Å²) in [7, 11) is 1.49. The van der Waals surface area contributed by atoms with E-state index in [0.29, 0.717) is 22.6 Å². The van der Waals surface area contributed by atoms with E-state index in [0.717, 1.165) is 3.79 Å². The third-order valence-electron chi connectivity index (χ3n) is 2.43. The molecule has 0 aliphatic carbocycles. The Labute approximate surface area is 122 Å². The van der Waals surface area contributed by atoms with Crippen LogP contribution in [0.2, 0.25) is 0 Å². The van der Waals surface area contributed by atoms with Crippen molar-refractivity contribution in [1.82, 2.24) is 0 Å². The van der Waals surface area contributed by atoms with Gasteiger partial charge in [-0.3, -0.25) is 4.79 Å². The maximum atomic E-state index is 12.1. The van der Waals surface area contributed by atoms with Crippen LogP contribution in [0, 0.1) is 11.3 Å². The Morgan fingerprint density at radius 2 is 2.32 bits per heavy atom. The van der Waals surface area contributed by atoms with Gasteiger partial charge in [-0.05, 0) is 34.1 Å². The number of anilines is 1.